The Morgan fingerprint density at radius 1 is 1.18 bits per heavy atom. The second-order valence-electron chi connectivity index (χ2n) is 9.04. The third kappa shape index (κ3) is 4.19. The molecule has 2 aromatic carbocycles. The lowest BCUT2D eigenvalue weighted by Gasteiger charge is -2.42. The number of nitrogens with zero attached hydrogens (tertiary/aromatic N) is 3. The third-order valence-electron chi connectivity index (χ3n) is 6.87. The molecule has 0 amide bonds. The van der Waals surface area contributed by atoms with Crippen LogP contribution < -0.4 is 10.3 Å². The average Bonchev–Trinajstić information content (AvgIpc) is 3.69. The number of ether oxygens (including phenoxy) is 1. The maximum atomic E-state index is 15.4. The van der Waals surface area contributed by atoms with Crippen LogP contribution in [-0.4, -0.2) is 60.4 Å². The number of hydrogen-bond donors (Lipinski definition) is 1. The van der Waals surface area contributed by atoms with E-state index in [2.05, 4.69) is 17.0 Å². The first-order valence-corrected chi connectivity index (χ1v) is 11.6. The van der Waals surface area contributed by atoms with Crippen LogP contribution in [0.15, 0.2) is 53.5 Å². The minimum absolute atomic E-state index is 0.0696. The Balaban J connectivity index is 1.55. The minimum Gasteiger partial charge on any atom is -0.477 e. The zero-order valence-electron chi connectivity index (χ0n) is 19.1. The van der Waals surface area contributed by atoms with Gasteiger partial charge in [-0.05, 0) is 30.5 Å². The second-order valence-corrected chi connectivity index (χ2v) is 9.04. The molecular formula is C26H28FN3O4. The molecule has 8 heteroatoms. The summed E-state index contributed by atoms with van der Waals surface area (Å²) < 4.78 is 22.6. The van der Waals surface area contributed by atoms with Gasteiger partial charge in [0.15, 0.2) is 0 Å². The molecule has 1 aromatic heterocycles. The first kappa shape index (κ1) is 22.6. The van der Waals surface area contributed by atoms with Crippen LogP contribution in [0.1, 0.15) is 40.8 Å². The van der Waals surface area contributed by atoms with Gasteiger partial charge in [0, 0.05) is 50.9 Å². The summed E-state index contributed by atoms with van der Waals surface area (Å²) in [7, 11) is 1.69. The number of pyridine rings is 1. The minimum atomic E-state index is -1.29. The smallest absolute Gasteiger partial charge is 0.341 e. The van der Waals surface area contributed by atoms with E-state index in [9.17, 15) is 14.7 Å². The number of carboxylic acid groups (broad SMARTS) is 1. The van der Waals surface area contributed by atoms with Crippen LogP contribution in [0, 0.1) is 5.82 Å². The van der Waals surface area contributed by atoms with E-state index in [1.807, 2.05) is 27.7 Å². The molecule has 2 fully saturated rings. The van der Waals surface area contributed by atoms with Gasteiger partial charge in [-0.2, -0.15) is 0 Å². The van der Waals surface area contributed by atoms with Gasteiger partial charge in [0.2, 0.25) is 5.43 Å². The van der Waals surface area contributed by atoms with Crippen LogP contribution in [0.3, 0.4) is 0 Å². The molecule has 1 saturated heterocycles. The van der Waals surface area contributed by atoms with Gasteiger partial charge in [0.1, 0.15) is 11.4 Å². The highest BCUT2D eigenvalue weighted by Crippen LogP contribution is 2.38. The molecule has 0 spiro atoms. The van der Waals surface area contributed by atoms with E-state index in [1.54, 1.807) is 13.2 Å². The molecule has 0 bridgehead atoms. The molecule has 7 nitrogen and oxygen atoms in total. The van der Waals surface area contributed by atoms with Crippen molar-refractivity contribution in [1.29, 1.82) is 0 Å². The monoisotopic (exact) mass is 465 g/mol. The predicted molar refractivity (Wildman–Crippen MR) is 128 cm³/mol. The molecule has 2 aliphatic rings. The van der Waals surface area contributed by atoms with Crippen molar-refractivity contribution in [3.63, 3.8) is 0 Å². The fraction of sp³-hybridized carbons (Fsp3) is 0.385. The van der Waals surface area contributed by atoms with Crippen molar-refractivity contribution in [3.8, 4) is 0 Å². The lowest BCUT2D eigenvalue weighted by atomic mass is 10.0. The number of fused-ring (bicyclic) bond motifs is 1. The summed E-state index contributed by atoms with van der Waals surface area (Å²) in [5.74, 6) is -1.80. The van der Waals surface area contributed by atoms with E-state index in [0.29, 0.717) is 30.9 Å². The van der Waals surface area contributed by atoms with Crippen molar-refractivity contribution >= 4 is 22.6 Å². The summed E-state index contributed by atoms with van der Waals surface area (Å²) in [6.07, 6.45) is 3.25. The predicted octanol–water partition coefficient (Wildman–Crippen LogP) is 3.68. The number of anilines is 1. The number of piperazine rings is 1. The van der Waals surface area contributed by atoms with E-state index < -0.39 is 17.2 Å². The standard InChI is InChI=1S/C26H28FN3O4/c1-34-12-11-28-9-10-29(16-24(28)17-5-3-2-4-6-17)23-14-22-19(13-21(23)27)25(31)20(26(32)33)15-30(22)18-7-8-18/h2-6,13-15,18,24H,7-12,16H2,1H3,(H,32,33). The number of carbonyl (C=O) groups is 1. The van der Waals surface area contributed by atoms with E-state index in [4.69, 9.17) is 4.74 Å². The van der Waals surface area contributed by atoms with Crippen LogP contribution in [0.2, 0.25) is 0 Å². The lowest BCUT2D eigenvalue weighted by Crippen LogP contribution is -2.49. The number of rotatable bonds is 7. The van der Waals surface area contributed by atoms with Crippen LogP contribution in [0.25, 0.3) is 10.9 Å². The molecule has 1 atom stereocenters. The number of halogens is 1. The SMILES string of the molecule is COCCN1CCN(c2cc3c(cc2F)c(=O)c(C(=O)O)cn3C2CC2)CC1c1ccccc1. The van der Waals surface area contributed by atoms with Gasteiger partial charge in [-0.15, -0.1) is 0 Å². The summed E-state index contributed by atoms with van der Waals surface area (Å²) in [6.45, 7) is 3.37. The maximum absolute atomic E-state index is 15.4. The quantitative estimate of drug-likeness (QED) is 0.574. The highest BCUT2D eigenvalue weighted by molar-refractivity contribution is 5.93. The molecule has 3 aromatic rings. The average molecular weight is 466 g/mol. The summed E-state index contributed by atoms with van der Waals surface area (Å²) in [6, 6.07) is 13.3. The van der Waals surface area contributed by atoms with Gasteiger partial charge in [-0.1, -0.05) is 30.3 Å². The summed E-state index contributed by atoms with van der Waals surface area (Å²) in [4.78, 5) is 28.8. The van der Waals surface area contributed by atoms with Gasteiger partial charge < -0.3 is 19.3 Å². The Hall–Kier alpha value is -3.23. The molecule has 0 radical (unpaired) electrons. The van der Waals surface area contributed by atoms with E-state index in [-0.39, 0.29) is 23.0 Å². The van der Waals surface area contributed by atoms with E-state index in [0.717, 1.165) is 31.5 Å². The fourth-order valence-corrected chi connectivity index (χ4v) is 4.92. The number of carboxylic acids is 1. The summed E-state index contributed by atoms with van der Waals surface area (Å²) in [5, 5.41) is 9.59. The molecule has 1 saturated carbocycles. The molecule has 178 valence electrons. The van der Waals surface area contributed by atoms with Crippen LogP contribution in [0.5, 0.6) is 0 Å². The molecule has 1 unspecified atom stereocenters. The van der Waals surface area contributed by atoms with Crippen molar-refractivity contribution < 1.29 is 19.0 Å². The van der Waals surface area contributed by atoms with Gasteiger partial charge in [0.05, 0.1) is 23.9 Å². The van der Waals surface area contributed by atoms with Crippen molar-refractivity contribution in [2.24, 2.45) is 0 Å². The van der Waals surface area contributed by atoms with Crippen molar-refractivity contribution in [2.45, 2.75) is 24.9 Å². The van der Waals surface area contributed by atoms with Gasteiger partial charge in [-0.25, -0.2) is 9.18 Å². The molecule has 2 heterocycles. The van der Waals surface area contributed by atoms with E-state index in [1.165, 1.54) is 12.3 Å². The summed E-state index contributed by atoms with van der Waals surface area (Å²) in [5.41, 5.74) is 1.23. The molecular weight excluding hydrogens is 437 g/mol. The molecule has 1 aliphatic carbocycles. The Morgan fingerprint density at radius 3 is 2.62 bits per heavy atom. The Labute approximate surface area is 197 Å². The Morgan fingerprint density at radius 2 is 1.94 bits per heavy atom. The molecule has 34 heavy (non-hydrogen) atoms. The molecule has 5 rings (SSSR count). The number of methoxy groups -OCH3 is 1. The van der Waals surface area contributed by atoms with Crippen LogP contribution >= 0.6 is 0 Å². The number of aromatic carboxylic acids is 1. The van der Waals surface area contributed by atoms with Gasteiger partial charge in [-0.3, -0.25) is 9.69 Å². The van der Waals surface area contributed by atoms with E-state index >= 15 is 4.39 Å². The second kappa shape index (κ2) is 9.19. The highest BCUT2D eigenvalue weighted by atomic mass is 19.1. The van der Waals surface area contributed by atoms with Crippen molar-refractivity contribution in [2.75, 3.05) is 44.8 Å². The Bertz CT molecular complexity index is 1270. The number of hydrogen-bond acceptors (Lipinski definition) is 5. The van der Waals surface area contributed by atoms with Crippen LogP contribution in [-0.2, 0) is 4.74 Å². The first-order chi connectivity index (χ1) is 16.5. The maximum Gasteiger partial charge on any atom is 0.341 e. The largest absolute Gasteiger partial charge is 0.477 e. The third-order valence-corrected chi connectivity index (χ3v) is 6.87. The topological polar surface area (TPSA) is 75.0 Å². The van der Waals surface area contributed by atoms with Crippen LogP contribution in [0.4, 0.5) is 10.1 Å². The van der Waals surface area contributed by atoms with Crippen molar-refractivity contribution in [3.05, 3.63) is 75.8 Å². The van der Waals surface area contributed by atoms with Crippen molar-refractivity contribution in [1.82, 2.24) is 9.47 Å². The highest BCUT2D eigenvalue weighted by Gasteiger charge is 2.31. The molecule has 1 aliphatic heterocycles. The normalized spacial score (nSPS) is 19.0. The zero-order valence-corrected chi connectivity index (χ0v) is 19.1. The summed E-state index contributed by atoms with van der Waals surface area (Å²) >= 11 is 0. The van der Waals surface area contributed by atoms with Gasteiger partial charge in [0.25, 0.3) is 0 Å². The zero-order chi connectivity index (χ0) is 23.8. The number of benzene rings is 2. The lowest BCUT2D eigenvalue weighted by molar-refractivity contribution is 0.0695. The number of aromatic nitrogens is 1. The fourth-order valence-electron chi connectivity index (χ4n) is 4.92. The first-order valence-electron chi connectivity index (χ1n) is 11.6. The Kier molecular flexibility index (Phi) is 6.10. The molecule has 1 N–H and O–H groups in total. The van der Waals surface area contributed by atoms with Gasteiger partial charge >= 0.3 is 5.97 Å².